The average molecular weight is 647 g/mol. The minimum Gasteiger partial charge on any atom is -0.455 e. The van der Waals surface area contributed by atoms with E-state index < -0.39 is 0 Å². The van der Waals surface area contributed by atoms with E-state index in [0.29, 0.717) is 0 Å². The fourth-order valence-corrected chi connectivity index (χ4v) is 8.52. The molecule has 0 aliphatic rings. The summed E-state index contributed by atoms with van der Waals surface area (Å²) in [5.41, 5.74) is 9.20. The molecular formula is C50H30O. The Kier molecular flexibility index (Phi) is 6.02. The molecule has 0 spiro atoms. The van der Waals surface area contributed by atoms with Crippen LogP contribution in [-0.4, -0.2) is 0 Å². The highest BCUT2D eigenvalue weighted by atomic mass is 16.3. The van der Waals surface area contributed by atoms with Crippen LogP contribution in [0.15, 0.2) is 186 Å². The molecule has 1 heteroatoms. The number of rotatable bonds is 3. The Morgan fingerprint density at radius 1 is 0.275 bits per heavy atom. The Hall–Kier alpha value is -6.70. The van der Waals surface area contributed by atoms with Crippen LogP contribution in [-0.2, 0) is 0 Å². The summed E-state index contributed by atoms with van der Waals surface area (Å²) in [5, 5.41) is 14.6. The van der Waals surface area contributed by atoms with E-state index in [1.807, 2.05) is 0 Å². The van der Waals surface area contributed by atoms with Gasteiger partial charge in [-0.25, -0.2) is 0 Å². The minimum atomic E-state index is 0.908. The normalized spacial score (nSPS) is 11.9. The molecule has 0 bridgehead atoms. The average Bonchev–Trinajstić information content (AvgIpc) is 3.59. The molecular weight excluding hydrogens is 617 g/mol. The summed E-state index contributed by atoms with van der Waals surface area (Å²) >= 11 is 0. The molecule has 0 fully saturated rings. The van der Waals surface area contributed by atoms with Gasteiger partial charge in [0.1, 0.15) is 11.2 Å². The monoisotopic (exact) mass is 646 g/mol. The van der Waals surface area contributed by atoms with Crippen molar-refractivity contribution in [3.63, 3.8) is 0 Å². The molecule has 0 unspecified atom stereocenters. The largest absolute Gasteiger partial charge is 0.455 e. The summed E-state index contributed by atoms with van der Waals surface area (Å²) in [6, 6.07) is 66.2. The van der Waals surface area contributed by atoms with Gasteiger partial charge < -0.3 is 4.42 Å². The molecule has 0 amide bonds. The van der Waals surface area contributed by atoms with Gasteiger partial charge in [0.05, 0.1) is 0 Å². The van der Waals surface area contributed by atoms with Crippen molar-refractivity contribution in [1.82, 2.24) is 0 Å². The number of fused-ring (bicyclic) bond motifs is 11. The van der Waals surface area contributed by atoms with E-state index in [1.165, 1.54) is 81.7 Å². The van der Waals surface area contributed by atoms with E-state index in [1.54, 1.807) is 0 Å². The lowest BCUT2D eigenvalue weighted by molar-refractivity contribution is 0.673. The highest BCUT2D eigenvalue weighted by Crippen LogP contribution is 2.46. The van der Waals surface area contributed by atoms with Crippen molar-refractivity contribution in [2.24, 2.45) is 0 Å². The van der Waals surface area contributed by atoms with Crippen LogP contribution in [0.4, 0.5) is 0 Å². The van der Waals surface area contributed by atoms with Gasteiger partial charge in [-0.1, -0.05) is 158 Å². The zero-order chi connectivity index (χ0) is 33.5. The van der Waals surface area contributed by atoms with Crippen molar-refractivity contribution < 1.29 is 4.42 Å². The molecule has 0 N–H and O–H groups in total. The predicted molar refractivity (Wildman–Crippen MR) is 218 cm³/mol. The van der Waals surface area contributed by atoms with E-state index in [2.05, 4.69) is 182 Å². The van der Waals surface area contributed by atoms with Crippen LogP contribution in [0.3, 0.4) is 0 Å². The lowest BCUT2D eigenvalue weighted by Crippen LogP contribution is -1.91. The van der Waals surface area contributed by atoms with E-state index in [0.717, 1.165) is 27.5 Å². The Bertz CT molecular complexity index is 3130. The number of hydrogen-bond acceptors (Lipinski definition) is 1. The molecule has 0 saturated heterocycles. The standard InChI is InChI=1S/C50H30O/c1-2-12-31(13-3-1)32-22-23-34-29-35(25-24-33(34)28-32)47-40-17-7-9-19-42(40)48(43-20-10-8-18-41(43)47)36-26-27-45-46(30-36)51-50-44-21-11-5-15-38(44)37-14-4-6-16-39(37)49(45)50/h1-30H. The summed E-state index contributed by atoms with van der Waals surface area (Å²) in [6.45, 7) is 0. The van der Waals surface area contributed by atoms with Gasteiger partial charge in [-0.3, -0.25) is 0 Å². The second kappa shape index (κ2) is 10.9. The summed E-state index contributed by atoms with van der Waals surface area (Å²) in [4.78, 5) is 0. The van der Waals surface area contributed by atoms with E-state index in [4.69, 9.17) is 4.42 Å². The first-order valence-electron chi connectivity index (χ1n) is 17.6. The summed E-state index contributed by atoms with van der Waals surface area (Å²) in [5.74, 6) is 0. The van der Waals surface area contributed by atoms with Gasteiger partial charge in [0.25, 0.3) is 0 Å². The number of hydrogen-bond donors (Lipinski definition) is 0. The SMILES string of the molecule is c1ccc(-c2ccc3cc(-c4c5ccccc5c(-c5ccc6c(c5)oc5c7ccccc7c7ccccc7c65)c5ccccc45)ccc3c2)cc1. The van der Waals surface area contributed by atoms with Crippen molar-refractivity contribution >= 4 is 75.8 Å². The zero-order valence-corrected chi connectivity index (χ0v) is 27.7. The van der Waals surface area contributed by atoms with Crippen molar-refractivity contribution in [2.75, 3.05) is 0 Å². The molecule has 0 atom stereocenters. The lowest BCUT2D eigenvalue weighted by atomic mass is 9.85. The molecule has 10 aromatic carbocycles. The predicted octanol–water partition coefficient (Wildman–Crippen LogP) is 14.4. The maximum atomic E-state index is 6.83. The smallest absolute Gasteiger partial charge is 0.143 e. The summed E-state index contributed by atoms with van der Waals surface area (Å²) < 4.78 is 6.83. The van der Waals surface area contributed by atoms with Gasteiger partial charge in [0.15, 0.2) is 0 Å². The van der Waals surface area contributed by atoms with E-state index >= 15 is 0 Å². The van der Waals surface area contributed by atoms with Crippen LogP contribution in [0.2, 0.25) is 0 Å². The first-order valence-corrected chi connectivity index (χ1v) is 17.6. The maximum Gasteiger partial charge on any atom is 0.143 e. The first kappa shape index (κ1) is 28.2. The molecule has 1 aromatic heterocycles. The number of furan rings is 1. The molecule has 236 valence electrons. The molecule has 11 aromatic rings. The van der Waals surface area contributed by atoms with Crippen LogP contribution in [0, 0.1) is 0 Å². The van der Waals surface area contributed by atoms with Crippen molar-refractivity contribution in [3.8, 4) is 33.4 Å². The van der Waals surface area contributed by atoms with Crippen molar-refractivity contribution in [1.29, 1.82) is 0 Å². The highest BCUT2D eigenvalue weighted by Gasteiger charge is 2.20. The zero-order valence-electron chi connectivity index (χ0n) is 27.7. The Balaban J connectivity index is 1.14. The van der Waals surface area contributed by atoms with E-state index in [9.17, 15) is 0 Å². The molecule has 51 heavy (non-hydrogen) atoms. The summed E-state index contributed by atoms with van der Waals surface area (Å²) in [6.07, 6.45) is 0. The second-order valence-electron chi connectivity index (χ2n) is 13.6. The van der Waals surface area contributed by atoms with Crippen LogP contribution in [0.1, 0.15) is 0 Å². The molecule has 11 rings (SSSR count). The minimum absolute atomic E-state index is 0.908. The van der Waals surface area contributed by atoms with Gasteiger partial charge >= 0.3 is 0 Å². The third-order valence-corrected chi connectivity index (χ3v) is 10.8. The Morgan fingerprint density at radius 2 is 0.725 bits per heavy atom. The van der Waals surface area contributed by atoms with Crippen molar-refractivity contribution in [2.45, 2.75) is 0 Å². The molecule has 1 nitrogen and oxygen atoms in total. The van der Waals surface area contributed by atoms with Crippen molar-refractivity contribution in [3.05, 3.63) is 182 Å². The van der Waals surface area contributed by atoms with Crippen LogP contribution < -0.4 is 0 Å². The third kappa shape index (κ3) is 4.22. The van der Waals surface area contributed by atoms with Gasteiger partial charge in [-0.15, -0.1) is 0 Å². The van der Waals surface area contributed by atoms with E-state index in [-0.39, 0.29) is 0 Å². The molecule has 0 aliphatic carbocycles. The Labute approximate surface area is 294 Å². The Morgan fingerprint density at radius 3 is 1.35 bits per heavy atom. The summed E-state index contributed by atoms with van der Waals surface area (Å²) in [7, 11) is 0. The fourth-order valence-electron chi connectivity index (χ4n) is 8.52. The number of benzene rings is 10. The quantitative estimate of drug-likeness (QED) is 0.138. The van der Waals surface area contributed by atoms with Crippen LogP contribution in [0.5, 0.6) is 0 Å². The second-order valence-corrected chi connectivity index (χ2v) is 13.6. The third-order valence-electron chi connectivity index (χ3n) is 10.8. The molecule has 0 saturated carbocycles. The van der Waals surface area contributed by atoms with Gasteiger partial charge in [0.2, 0.25) is 0 Å². The van der Waals surface area contributed by atoms with Gasteiger partial charge in [-0.2, -0.15) is 0 Å². The highest BCUT2D eigenvalue weighted by molar-refractivity contribution is 6.30. The van der Waals surface area contributed by atoms with Gasteiger partial charge in [0, 0.05) is 16.2 Å². The topological polar surface area (TPSA) is 13.1 Å². The van der Waals surface area contributed by atoms with Crippen LogP contribution >= 0.6 is 0 Å². The van der Waals surface area contributed by atoms with Crippen LogP contribution in [0.25, 0.3) is 109 Å². The molecule has 0 aliphatic heterocycles. The van der Waals surface area contributed by atoms with Gasteiger partial charge in [-0.05, 0) is 106 Å². The molecule has 0 radical (unpaired) electrons. The lowest BCUT2D eigenvalue weighted by Gasteiger charge is -2.18. The molecule has 1 heterocycles. The maximum absolute atomic E-state index is 6.83. The first-order chi connectivity index (χ1) is 25.3. The fraction of sp³-hybridized carbons (Fsp3) is 0.